The van der Waals surface area contributed by atoms with Crippen molar-refractivity contribution in [2.24, 2.45) is 5.92 Å². The van der Waals surface area contributed by atoms with E-state index >= 15 is 0 Å². The number of ether oxygens (including phenoxy) is 2. The first-order valence-electron chi connectivity index (χ1n) is 7.95. The van der Waals surface area contributed by atoms with E-state index < -0.39 is 24.6 Å². The van der Waals surface area contributed by atoms with Crippen molar-refractivity contribution in [3.05, 3.63) is 0 Å². The standard InChI is InChI=1S/C15H28O5/c1-2-6-11-13(17)14(18)12(9-16)20-15(11)19-10-7-4-3-5-8-10/h10-18H,2-9H2,1H3/t11-,12-,13-,14-,15+/m1/s1. The maximum absolute atomic E-state index is 10.2. The zero-order chi connectivity index (χ0) is 14.5. The minimum absolute atomic E-state index is 0.176. The first-order valence-corrected chi connectivity index (χ1v) is 7.95. The third-order valence-electron chi connectivity index (χ3n) is 4.51. The molecule has 20 heavy (non-hydrogen) atoms. The van der Waals surface area contributed by atoms with Gasteiger partial charge in [-0.15, -0.1) is 0 Å². The Morgan fingerprint density at radius 2 is 1.80 bits per heavy atom. The molecule has 5 atom stereocenters. The van der Waals surface area contributed by atoms with Gasteiger partial charge in [0.2, 0.25) is 0 Å². The average molecular weight is 288 g/mol. The average Bonchev–Trinajstić information content (AvgIpc) is 2.47. The molecule has 1 aliphatic carbocycles. The van der Waals surface area contributed by atoms with Crippen molar-refractivity contribution >= 4 is 0 Å². The SMILES string of the molecule is CCC[C@H]1[C@@H](OC2CCCCC2)O[C@H](CO)[C@@H](O)[C@@H]1O. The first-order chi connectivity index (χ1) is 9.67. The van der Waals surface area contributed by atoms with Crippen LogP contribution in [0.25, 0.3) is 0 Å². The molecule has 0 aromatic rings. The molecule has 118 valence electrons. The normalized spacial score (nSPS) is 39.9. The Hall–Kier alpha value is -0.200. The number of rotatable bonds is 5. The summed E-state index contributed by atoms with van der Waals surface area (Å²) in [5.41, 5.74) is 0. The summed E-state index contributed by atoms with van der Waals surface area (Å²) in [7, 11) is 0. The molecule has 2 rings (SSSR count). The van der Waals surface area contributed by atoms with Gasteiger partial charge >= 0.3 is 0 Å². The minimum Gasteiger partial charge on any atom is -0.394 e. The quantitative estimate of drug-likeness (QED) is 0.708. The van der Waals surface area contributed by atoms with Gasteiger partial charge in [0, 0.05) is 5.92 Å². The molecule has 5 heteroatoms. The molecule has 1 aliphatic heterocycles. The van der Waals surface area contributed by atoms with Crippen LogP contribution in [0.1, 0.15) is 51.9 Å². The van der Waals surface area contributed by atoms with Crippen LogP contribution >= 0.6 is 0 Å². The van der Waals surface area contributed by atoms with E-state index in [1.54, 1.807) is 0 Å². The van der Waals surface area contributed by atoms with E-state index in [1.807, 2.05) is 6.92 Å². The summed E-state index contributed by atoms with van der Waals surface area (Å²) in [6, 6.07) is 0. The highest BCUT2D eigenvalue weighted by Gasteiger charge is 2.44. The van der Waals surface area contributed by atoms with E-state index in [0.29, 0.717) is 0 Å². The number of hydrogen-bond donors (Lipinski definition) is 3. The summed E-state index contributed by atoms with van der Waals surface area (Å²) in [5, 5.41) is 29.5. The fourth-order valence-corrected chi connectivity index (χ4v) is 3.30. The Labute approximate surface area is 120 Å². The summed E-state index contributed by atoms with van der Waals surface area (Å²) in [6.45, 7) is 1.73. The van der Waals surface area contributed by atoms with Gasteiger partial charge in [-0.3, -0.25) is 0 Å². The predicted molar refractivity (Wildman–Crippen MR) is 74.1 cm³/mol. The molecule has 2 aliphatic rings. The molecule has 0 aromatic heterocycles. The summed E-state index contributed by atoms with van der Waals surface area (Å²) in [6.07, 6.45) is 4.26. The second-order valence-corrected chi connectivity index (χ2v) is 6.06. The highest BCUT2D eigenvalue weighted by atomic mass is 16.7. The van der Waals surface area contributed by atoms with Gasteiger partial charge in [-0.2, -0.15) is 0 Å². The van der Waals surface area contributed by atoms with E-state index in [1.165, 1.54) is 19.3 Å². The summed E-state index contributed by atoms with van der Waals surface area (Å²) < 4.78 is 11.7. The number of aliphatic hydroxyl groups is 3. The summed E-state index contributed by atoms with van der Waals surface area (Å²) in [5.74, 6) is -0.222. The maximum atomic E-state index is 10.2. The van der Waals surface area contributed by atoms with Crippen LogP contribution in [0, 0.1) is 5.92 Å². The lowest BCUT2D eigenvalue weighted by Gasteiger charge is -2.43. The monoisotopic (exact) mass is 288 g/mol. The maximum Gasteiger partial charge on any atom is 0.163 e. The second kappa shape index (κ2) is 7.71. The smallest absolute Gasteiger partial charge is 0.163 e. The molecule has 0 bridgehead atoms. The molecule has 2 fully saturated rings. The first kappa shape index (κ1) is 16.2. The highest BCUT2D eigenvalue weighted by Crippen LogP contribution is 2.33. The van der Waals surface area contributed by atoms with E-state index in [4.69, 9.17) is 9.47 Å². The Balaban J connectivity index is 2.01. The van der Waals surface area contributed by atoms with Gasteiger partial charge in [-0.05, 0) is 19.3 Å². The lowest BCUT2D eigenvalue weighted by Crippen LogP contribution is -2.56. The Morgan fingerprint density at radius 1 is 1.10 bits per heavy atom. The predicted octanol–water partition coefficient (Wildman–Crippen LogP) is 1.19. The molecule has 0 amide bonds. The van der Waals surface area contributed by atoms with Crippen LogP contribution in [-0.2, 0) is 9.47 Å². The number of aliphatic hydroxyl groups excluding tert-OH is 3. The van der Waals surface area contributed by atoms with Crippen molar-refractivity contribution in [2.45, 2.75) is 82.6 Å². The molecule has 0 radical (unpaired) electrons. The van der Waals surface area contributed by atoms with Crippen LogP contribution in [0.5, 0.6) is 0 Å². The molecular weight excluding hydrogens is 260 g/mol. The Morgan fingerprint density at radius 3 is 2.40 bits per heavy atom. The van der Waals surface area contributed by atoms with Crippen LogP contribution in [-0.4, -0.2) is 52.6 Å². The van der Waals surface area contributed by atoms with Crippen LogP contribution in [0.4, 0.5) is 0 Å². The molecule has 5 nitrogen and oxygen atoms in total. The van der Waals surface area contributed by atoms with Crippen molar-refractivity contribution in [2.75, 3.05) is 6.61 Å². The molecule has 3 N–H and O–H groups in total. The molecule has 0 spiro atoms. The topological polar surface area (TPSA) is 79.2 Å². The van der Waals surface area contributed by atoms with Crippen LogP contribution < -0.4 is 0 Å². The van der Waals surface area contributed by atoms with Gasteiger partial charge in [0.05, 0.1) is 18.8 Å². The van der Waals surface area contributed by atoms with Crippen molar-refractivity contribution in [3.63, 3.8) is 0 Å². The number of hydrogen-bond acceptors (Lipinski definition) is 5. The third kappa shape index (κ3) is 3.71. The van der Waals surface area contributed by atoms with E-state index in [-0.39, 0.29) is 18.6 Å². The van der Waals surface area contributed by atoms with Crippen LogP contribution in [0.3, 0.4) is 0 Å². The lowest BCUT2D eigenvalue weighted by molar-refractivity contribution is -0.299. The van der Waals surface area contributed by atoms with E-state index in [9.17, 15) is 15.3 Å². The molecule has 1 saturated carbocycles. The van der Waals surface area contributed by atoms with E-state index in [2.05, 4.69) is 0 Å². The zero-order valence-corrected chi connectivity index (χ0v) is 12.3. The van der Waals surface area contributed by atoms with Gasteiger partial charge in [-0.1, -0.05) is 32.6 Å². The van der Waals surface area contributed by atoms with Gasteiger partial charge < -0.3 is 24.8 Å². The molecule has 0 unspecified atom stereocenters. The van der Waals surface area contributed by atoms with Gasteiger partial charge in [-0.25, -0.2) is 0 Å². The Kier molecular flexibility index (Phi) is 6.23. The second-order valence-electron chi connectivity index (χ2n) is 6.06. The van der Waals surface area contributed by atoms with Crippen LogP contribution in [0.2, 0.25) is 0 Å². The fourth-order valence-electron chi connectivity index (χ4n) is 3.30. The zero-order valence-electron chi connectivity index (χ0n) is 12.3. The molecular formula is C15H28O5. The van der Waals surface area contributed by atoms with Gasteiger partial charge in [0.15, 0.2) is 6.29 Å². The highest BCUT2D eigenvalue weighted by molar-refractivity contribution is 4.89. The van der Waals surface area contributed by atoms with Crippen molar-refractivity contribution in [1.82, 2.24) is 0 Å². The molecule has 1 heterocycles. The van der Waals surface area contributed by atoms with Crippen molar-refractivity contribution < 1.29 is 24.8 Å². The lowest BCUT2D eigenvalue weighted by atomic mass is 9.87. The van der Waals surface area contributed by atoms with Crippen LogP contribution in [0.15, 0.2) is 0 Å². The minimum atomic E-state index is -1.04. The molecule has 0 aromatic carbocycles. The van der Waals surface area contributed by atoms with Gasteiger partial charge in [0.25, 0.3) is 0 Å². The van der Waals surface area contributed by atoms with E-state index in [0.717, 1.165) is 25.7 Å². The fraction of sp³-hybridized carbons (Fsp3) is 1.00. The largest absolute Gasteiger partial charge is 0.394 e. The molecule has 1 saturated heterocycles. The Bertz CT molecular complexity index is 279. The van der Waals surface area contributed by atoms with Crippen molar-refractivity contribution in [1.29, 1.82) is 0 Å². The van der Waals surface area contributed by atoms with Crippen molar-refractivity contribution in [3.8, 4) is 0 Å². The summed E-state index contributed by atoms with van der Waals surface area (Å²) >= 11 is 0. The summed E-state index contributed by atoms with van der Waals surface area (Å²) in [4.78, 5) is 0. The van der Waals surface area contributed by atoms with Gasteiger partial charge in [0.1, 0.15) is 12.2 Å². The third-order valence-corrected chi connectivity index (χ3v) is 4.51.